The summed E-state index contributed by atoms with van der Waals surface area (Å²) in [6.07, 6.45) is 19.9. The summed E-state index contributed by atoms with van der Waals surface area (Å²) in [4.78, 5) is 0. The van der Waals surface area contributed by atoms with Gasteiger partial charge in [0.1, 0.15) is 11.3 Å². The van der Waals surface area contributed by atoms with Gasteiger partial charge in [0.05, 0.1) is 0 Å². The van der Waals surface area contributed by atoms with Crippen LogP contribution < -0.4 is 0 Å². The van der Waals surface area contributed by atoms with Gasteiger partial charge in [0.15, 0.2) is 0 Å². The highest BCUT2D eigenvalue weighted by Crippen LogP contribution is 2.49. The van der Waals surface area contributed by atoms with Gasteiger partial charge < -0.3 is 4.42 Å². The first-order valence-electron chi connectivity index (χ1n) is 16.4. The highest BCUT2D eigenvalue weighted by molar-refractivity contribution is 5.92. The smallest absolute Gasteiger partial charge is 0.135 e. The van der Waals surface area contributed by atoms with Crippen molar-refractivity contribution < 1.29 is 5.84 Å². The molecule has 2 aliphatic rings. The number of furan rings is 1. The number of fused-ring (bicyclic) bond motifs is 4. The van der Waals surface area contributed by atoms with Crippen LogP contribution in [0, 0.1) is 18.3 Å². The van der Waals surface area contributed by atoms with Crippen LogP contribution in [0.4, 0.5) is 0 Å². The minimum Gasteiger partial charge on any atom is -0.461 e. The summed E-state index contributed by atoms with van der Waals surface area (Å²) in [6, 6.07) is 22.5. The summed E-state index contributed by atoms with van der Waals surface area (Å²) >= 11 is 0. The number of hydrogen-bond acceptors (Lipinski definition) is 1. The largest absolute Gasteiger partial charge is 0.461 e. The number of benzene rings is 3. The van der Waals surface area contributed by atoms with Gasteiger partial charge in [0.2, 0.25) is 0 Å². The Labute approximate surface area is 271 Å². The minimum atomic E-state index is 0. The maximum absolute atomic E-state index is 6.13. The number of allylic oxidation sites excluding steroid dienone is 10. The van der Waals surface area contributed by atoms with E-state index in [1.807, 2.05) is 19.9 Å². The number of hydrogen-bond donors (Lipinski definition) is 0. The lowest BCUT2D eigenvalue weighted by Crippen LogP contribution is -2.15. The van der Waals surface area contributed by atoms with E-state index in [-0.39, 0.29) is 12.3 Å². The third-order valence-electron chi connectivity index (χ3n) is 9.98. The van der Waals surface area contributed by atoms with Gasteiger partial charge in [-0.1, -0.05) is 138 Å². The lowest BCUT2D eigenvalue weighted by Gasteiger charge is -2.28. The van der Waals surface area contributed by atoms with Crippen LogP contribution in [0.5, 0.6) is 0 Å². The van der Waals surface area contributed by atoms with Crippen molar-refractivity contribution in [2.75, 3.05) is 0 Å². The van der Waals surface area contributed by atoms with Crippen molar-refractivity contribution in [1.29, 1.82) is 0 Å². The number of rotatable bonds is 5. The zero-order valence-electron chi connectivity index (χ0n) is 28.0. The molecule has 1 heteroatoms. The zero-order valence-corrected chi connectivity index (χ0v) is 28.0. The minimum absolute atomic E-state index is 0. The molecule has 0 N–H and O–H groups in total. The third kappa shape index (κ3) is 5.66. The van der Waals surface area contributed by atoms with Crippen LogP contribution >= 0.6 is 0 Å². The Morgan fingerprint density at radius 3 is 2.53 bits per heavy atom. The maximum Gasteiger partial charge on any atom is 0.135 e. The maximum atomic E-state index is 6.13. The molecule has 6 rings (SSSR count). The topological polar surface area (TPSA) is 13.1 Å². The standard InChI is InChI=1S/C44H46O.H2/c1-9-14-36-30(4)45-42-28-34(19-22-38(36)42)31(10-2)18-21-35-26-29(3)25-32(15-13-24-43(35,5)6)33-20-23-41-39(27-33)37-16-11-12-17-40(37)44(41,7)8;/h9-23,25,27-29H,2,24,26H2,1,3-8H3;1H/b14-9-,15-13-,31-18+,32-25+,35-21+;. The Kier molecular flexibility index (Phi) is 8.08. The summed E-state index contributed by atoms with van der Waals surface area (Å²) in [7, 11) is 0. The molecule has 2 aliphatic carbocycles. The van der Waals surface area contributed by atoms with E-state index in [0.717, 1.165) is 46.3 Å². The predicted octanol–water partition coefficient (Wildman–Crippen LogP) is 12.9. The van der Waals surface area contributed by atoms with E-state index in [9.17, 15) is 0 Å². The summed E-state index contributed by atoms with van der Waals surface area (Å²) in [5.41, 5.74) is 14.0. The second-order valence-corrected chi connectivity index (χ2v) is 14.0. The molecule has 1 unspecified atom stereocenters. The van der Waals surface area contributed by atoms with Gasteiger partial charge in [0.25, 0.3) is 0 Å². The van der Waals surface area contributed by atoms with Crippen LogP contribution in [0.2, 0.25) is 0 Å². The molecule has 0 radical (unpaired) electrons. The molecule has 0 aliphatic heterocycles. The second-order valence-electron chi connectivity index (χ2n) is 14.0. The van der Waals surface area contributed by atoms with Crippen molar-refractivity contribution in [1.82, 2.24) is 0 Å². The molecular weight excluding hydrogens is 544 g/mol. The average Bonchev–Trinajstić information content (AvgIpc) is 3.46. The van der Waals surface area contributed by atoms with E-state index in [1.54, 1.807) is 0 Å². The van der Waals surface area contributed by atoms with Crippen LogP contribution in [0.15, 0.2) is 120 Å². The summed E-state index contributed by atoms with van der Waals surface area (Å²) in [6.45, 7) is 20.0. The highest BCUT2D eigenvalue weighted by atomic mass is 16.3. The van der Waals surface area contributed by atoms with Crippen molar-refractivity contribution in [3.8, 4) is 11.1 Å². The van der Waals surface area contributed by atoms with Gasteiger partial charge in [-0.25, -0.2) is 0 Å². The van der Waals surface area contributed by atoms with E-state index in [2.05, 4.69) is 144 Å². The van der Waals surface area contributed by atoms with Gasteiger partial charge >= 0.3 is 0 Å². The van der Waals surface area contributed by atoms with Crippen molar-refractivity contribution in [3.05, 3.63) is 149 Å². The van der Waals surface area contributed by atoms with E-state index in [0.29, 0.717) is 5.92 Å². The van der Waals surface area contributed by atoms with Gasteiger partial charge in [-0.15, -0.1) is 0 Å². The van der Waals surface area contributed by atoms with Crippen molar-refractivity contribution in [2.24, 2.45) is 11.3 Å². The number of aryl methyl sites for hydroxylation is 1. The molecule has 1 atom stereocenters. The summed E-state index contributed by atoms with van der Waals surface area (Å²) in [5, 5.41) is 1.15. The molecule has 1 heterocycles. The molecule has 230 valence electrons. The van der Waals surface area contributed by atoms with Crippen molar-refractivity contribution >= 4 is 28.2 Å². The Morgan fingerprint density at radius 1 is 0.978 bits per heavy atom. The second kappa shape index (κ2) is 11.9. The van der Waals surface area contributed by atoms with Gasteiger partial charge in [-0.3, -0.25) is 0 Å². The normalized spacial score (nSPS) is 21.9. The van der Waals surface area contributed by atoms with E-state index in [4.69, 9.17) is 4.42 Å². The van der Waals surface area contributed by atoms with E-state index < -0.39 is 0 Å². The monoisotopic (exact) mass is 592 g/mol. The fourth-order valence-corrected chi connectivity index (χ4v) is 7.31. The fraction of sp³-hybridized carbons (Fsp3) is 0.273. The SMILES string of the molecule is C=C/C(=C\C=C1/CC(C)/C=C(c2ccc3c(c2)-c2ccccc2C3(C)C)\C=C/CC1(C)C)c1ccc2c(/C=C\C)c(C)oc2c1.[HH]. The Bertz CT molecular complexity index is 1950. The molecule has 1 nitrogen and oxygen atoms in total. The molecule has 0 saturated carbocycles. The summed E-state index contributed by atoms with van der Waals surface area (Å²) in [5.74, 6) is 1.33. The van der Waals surface area contributed by atoms with Crippen LogP contribution in [0.3, 0.4) is 0 Å². The highest BCUT2D eigenvalue weighted by Gasteiger charge is 2.35. The molecule has 0 bridgehead atoms. The van der Waals surface area contributed by atoms with Gasteiger partial charge in [-0.05, 0) is 101 Å². The Balaban J connectivity index is 0.00000417. The predicted molar refractivity (Wildman–Crippen MR) is 197 cm³/mol. The fourth-order valence-electron chi connectivity index (χ4n) is 7.31. The van der Waals surface area contributed by atoms with Crippen LogP contribution in [-0.4, -0.2) is 0 Å². The molecule has 0 amide bonds. The van der Waals surface area contributed by atoms with Crippen molar-refractivity contribution in [3.63, 3.8) is 0 Å². The Morgan fingerprint density at radius 2 is 1.76 bits per heavy atom. The molecule has 3 aromatic carbocycles. The molecule has 1 aromatic heterocycles. The van der Waals surface area contributed by atoms with Crippen LogP contribution in [0.1, 0.15) is 89.4 Å². The van der Waals surface area contributed by atoms with E-state index >= 15 is 0 Å². The first-order valence-corrected chi connectivity index (χ1v) is 16.4. The van der Waals surface area contributed by atoms with E-state index in [1.165, 1.54) is 39.0 Å². The molecule has 0 fully saturated rings. The first kappa shape index (κ1) is 30.7. The lowest BCUT2D eigenvalue weighted by atomic mass is 9.77. The average molecular weight is 593 g/mol. The quantitative estimate of drug-likeness (QED) is 0.210. The molecule has 0 spiro atoms. The molecule has 45 heavy (non-hydrogen) atoms. The van der Waals surface area contributed by atoms with Gasteiger partial charge in [0, 0.05) is 17.8 Å². The van der Waals surface area contributed by atoms with Gasteiger partial charge in [-0.2, -0.15) is 0 Å². The Hall–Kier alpha value is -4.36. The molecule has 0 saturated heterocycles. The first-order chi connectivity index (χ1) is 21.5. The molecule has 4 aromatic rings. The van der Waals surface area contributed by atoms with Crippen LogP contribution in [0.25, 0.3) is 39.3 Å². The van der Waals surface area contributed by atoms with Crippen LogP contribution in [-0.2, 0) is 5.41 Å². The molecular formula is C44H48O. The lowest BCUT2D eigenvalue weighted by molar-refractivity contribution is 0.424. The zero-order chi connectivity index (χ0) is 31.9. The summed E-state index contributed by atoms with van der Waals surface area (Å²) < 4.78 is 6.13. The van der Waals surface area contributed by atoms with Crippen molar-refractivity contribution in [2.45, 2.75) is 66.7 Å². The third-order valence-corrected chi connectivity index (χ3v) is 9.98.